The van der Waals surface area contributed by atoms with Gasteiger partial charge in [-0.2, -0.15) is 0 Å². The van der Waals surface area contributed by atoms with E-state index in [-0.39, 0.29) is 0 Å². The number of methoxy groups -OCH3 is 1. The van der Waals surface area contributed by atoms with Crippen molar-refractivity contribution in [2.45, 2.75) is 0 Å². The highest BCUT2D eigenvalue weighted by atomic mass is 35.5. The molecule has 5 heteroatoms. The van der Waals surface area contributed by atoms with Gasteiger partial charge in [0.2, 0.25) is 0 Å². The largest absolute Gasteiger partial charge is 0.497 e. The summed E-state index contributed by atoms with van der Waals surface area (Å²) in [7, 11) is 1.63. The third-order valence-corrected chi connectivity index (χ3v) is 2.99. The molecule has 0 saturated carbocycles. The first-order valence-corrected chi connectivity index (χ1v) is 5.81. The summed E-state index contributed by atoms with van der Waals surface area (Å²) in [4.78, 5) is 11.8. The van der Waals surface area contributed by atoms with Crippen LogP contribution in [-0.4, -0.2) is 22.1 Å². The molecule has 1 aromatic carbocycles. The van der Waals surface area contributed by atoms with Crippen LogP contribution in [0.15, 0.2) is 36.5 Å². The zero-order valence-electron chi connectivity index (χ0n) is 9.64. The normalized spacial score (nSPS) is 10.8. The predicted molar refractivity (Wildman–Crippen MR) is 70.9 cm³/mol. The van der Waals surface area contributed by atoms with Crippen LogP contribution in [0.2, 0.25) is 5.15 Å². The van der Waals surface area contributed by atoms with Gasteiger partial charge in [-0.05, 0) is 18.2 Å². The smallest absolute Gasteiger partial charge is 0.163 e. The van der Waals surface area contributed by atoms with Gasteiger partial charge in [0.25, 0.3) is 0 Å². The lowest BCUT2D eigenvalue weighted by Crippen LogP contribution is -1.91. The van der Waals surface area contributed by atoms with Crippen molar-refractivity contribution in [2.24, 2.45) is 0 Å². The lowest BCUT2D eigenvalue weighted by molar-refractivity contribution is 0.415. The number of ether oxygens (including phenoxy) is 1. The maximum absolute atomic E-state index is 6.12. The van der Waals surface area contributed by atoms with Crippen molar-refractivity contribution >= 4 is 22.6 Å². The minimum Gasteiger partial charge on any atom is -0.497 e. The molecule has 0 amide bonds. The highest BCUT2D eigenvalue weighted by Crippen LogP contribution is 2.25. The molecule has 0 aliphatic rings. The van der Waals surface area contributed by atoms with Gasteiger partial charge in [-0.25, -0.2) is 9.97 Å². The Morgan fingerprint density at radius 3 is 2.94 bits per heavy atom. The Morgan fingerprint density at radius 1 is 1.22 bits per heavy atom. The van der Waals surface area contributed by atoms with E-state index in [1.54, 1.807) is 13.3 Å². The SMILES string of the molecule is COc1cccc(-c2nc(Cl)c3cc[nH]c3n2)c1. The molecule has 2 aromatic heterocycles. The summed E-state index contributed by atoms with van der Waals surface area (Å²) in [5.41, 5.74) is 1.60. The van der Waals surface area contributed by atoms with E-state index in [9.17, 15) is 0 Å². The van der Waals surface area contributed by atoms with Gasteiger partial charge in [-0.3, -0.25) is 0 Å². The molecular formula is C13H10ClN3O. The molecule has 1 N–H and O–H groups in total. The first-order chi connectivity index (χ1) is 8.78. The summed E-state index contributed by atoms with van der Waals surface area (Å²) in [5, 5.41) is 1.27. The Balaban J connectivity index is 2.18. The molecule has 0 unspecified atom stereocenters. The maximum Gasteiger partial charge on any atom is 0.163 e. The fraction of sp³-hybridized carbons (Fsp3) is 0.0769. The van der Waals surface area contributed by atoms with Crippen LogP contribution in [0, 0.1) is 0 Å². The summed E-state index contributed by atoms with van der Waals surface area (Å²) < 4.78 is 5.18. The molecule has 2 heterocycles. The number of fused-ring (bicyclic) bond motifs is 1. The van der Waals surface area contributed by atoms with Crippen molar-refractivity contribution in [3.05, 3.63) is 41.7 Å². The lowest BCUT2D eigenvalue weighted by atomic mass is 10.2. The summed E-state index contributed by atoms with van der Waals surface area (Å²) in [6.07, 6.45) is 1.79. The van der Waals surface area contributed by atoms with Crippen LogP contribution in [-0.2, 0) is 0 Å². The molecule has 3 aromatic rings. The van der Waals surface area contributed by atoms with Crippen LogP contribution in [0.5, 0.6) is 5.75 Å². The van der Waals surface area contributed by atoms with E-state index in [1.165, 1.54) is 0 Å². The van der Waals surface area contributed by atoms with Crippen molar-refractivity contribution in [1.29, 1.82) is 0 Å². The summed E-state index contributed by atoms with van der Waals surface area (Å²) in [6, 6.07) is 9.42. The molecule has 0 fully saturated rings. The fourth-order valence-corrected chi connectivity index (χ4v) is 2.03. The van der Waals surface area contributed by atoms with Crippen LogP contribution in [0.25, 0.3) is 22.4 Å². The van der Waals surface area contributed by atoms with Crippen molar-refractivity contribution < 1.29 is 4.74 Å². The molecule has 90 valence electrons. The summed E-state index contributed by atoms with van der Waals surface area (Å²) in [5.74, 6) is 1.34. The second kappa shape index (κ2) is 4.31. The van der Waals surface area contributed by atoms with Crippen LogP contribution < -0.4 is 4.74 Å². The molecule has 4 nitrogen and oxygen atoms in total. The van der Waals surface area contributed by atoms with Crippen molar-refractivity contribution in [3.8, 4) is 17.1 Å². The van der Waals surface area contributed by atoms with Gasteiger partial charge >= 0.3 is 0 Å². The van der Waals surface area contributed by atoms with Gasteiger partial charge in [-0.15, -0.1) is 0 Å². The second-order valence-electron chi connectivity index (χ2n) is 3.81. The van der Waals surface area contributed by atoms with Crippen LogP contribution in [0.4, 0.5) is 0 Å². The molecule has 0 aliphatic heterocycles. The number of nitrogens with zero attached hydrogens (tertiary/aromatic N) is 2. The molecule has 0 atom stereocenters. The Hall–Kier alpha value is -2.07. The van der Waals surface area contributed by atoms with Crippen LogP contribution in [0.1, 0.15) is 0 Å². The second-order valence-corrected chi connectivity index (χ2v) is 4.17. The van der Waals surface area contributed by atoms with Gasteiger partial charge in [0, 0.05) is 11.8 Å². The number of nitrogens with one attached hydrogen (secondary N) is 1. The molecule has 0 bridgehead atoms. The number of aromatic nitrogens is 3. The molecule has 0 saturated heterocycles. The average Bonchev–Trinajstić information content (AvgIpc) is 2.87. The van der Waals surface area contributed by atoms with Gasteiger partial charge in [0.05, 0.1) is 12.5 Å². The number of halogens is 1. The zero-order chi connectivity index (χ0) is 12.5. The molecule has 18 heavy (non-hydrogen) atoms. The number of benzene rings is 1. The highest BCUT2D eigenvalue weighted by Gasteiger charge is 2.09. The van der Waals surface area contributed by atoms with E-state index in [0.717, 1.165) is 22.3 Å². The molecule has 0 radical (unpaired) electrons. The van der Waals surface area contributed by atoms with Crippen molar-refractivity contribution in [2.75, 3.05) is 7.11 Å². The highest BCUT2D eigenvalue weighted by molar-refractivity contribution is 6.34. The quantitative estimate of drug-likeness (QED) is 0.719. The van der Waals surface area contributed by atoms with E-state index in [4.69, 9.17) is 16.3 Å². The standard InChI is InChI=1S/C13H10ClN3O/c1-18-9-4-2-3-8(7-9)12-16-11(14)10-5-6-15-13(10)17-12/h2-7H,1H3,(H,15,16,17). The van der Waals surface area contributed by atoms with Gasteiger partial charge in [0.15, 0.2) is 5.82 Å². The first-order valence-electron chi connectivity index (χ1n) is 5.43. The molecule has 0 spiro atoms. The Bertz CT molecular complexity index is 708. The number of aromatic amines is 1. The Kier molecular flexibility index (Phi) is 2.64. The van der Waals surface area contributed by atoms with E-state index in [0.29, 0.717) is 11.0 Å². The maximum atomic E-state index is 6.12. The number of rotatable bonds is 2. The van der Waals surface area contributed by atoms with Crippen LogP contribution >= 0.6 is 11.6 Å². The fourth-order valence-electron chi connectivity index (χ4n) is 1.79. The minimum absolute atomic E-state index is 0.444. The number of hydrogen-bond donors (Lipinski definition) is 1. The van der Waals surface area contributed by atoms with E-state index in [2.05, 4.69) is 15.0 Å². The topological polar surface area (TPSA) is 50.8 Å². The minimum atomic E-state index is 0.444. The predicted octanol–water partition coefficient (Wildman–Crippen LogP) is 3.29. The van der Waals surface area contributed by atoms with Crippen molar-refractivity contribution in [1.82, 2.24) is 15.0 Å². The molecule has 3 rings (SSSR count). The lowest BCUT2D eigenvalue weighted by Gasteiger charge is -2.04. The third-order valence-electron chi connectivity index (χ3n) is 2.70. The summed E-state index contributed by atoms with van der Waals surface area (Å²) in [6.45, 7) is 0. The number of H-pyrrole nitrogens is 1. The zero-order valence-corrected chi connectivity index (χ0v) is 10.4. The van der Waals surface area contributed by atoms with Gasteiger partial charge in [-0.1, -0.05) is 23.7 Å². The monoisotopic (exact) mass is 259 g/mol. The van der Waals surface area contributed by atoms with E-state index in [1.807, 2.05) is 30.3 Å². The Labute approximate surface area is 109 Å². The number of hydrogen-bond acceptors (Lipinski definition) is 3. The van der Waals surface area contributed by atoms with E-state index < -0.39 is 0 Å². The average molecular weight is 260 g/mol. The van der Waals surface area contributed by atoms with Gasteiger partial charge in [0.1, 0.15) is 16.5 Å². The molecular weight excluding hydrogens is 250 g/mol. The summed E-state index contributed by atoms with van der Waals surface area (Å²) >= 11 is 6.12. The van der Waals surface area contributed by atoms with E-state index >= 15 is 0 Å². The van der Waals surface area contributed by atoms with Gasteiger partial charge < -0.3 is 9.72 Å². The van der Waals surface area contributed by atoms with Crippen molar-refractivity contribution in [3.63, 3.8) is 0 Å². The third kappa shape index (κ3) is 1.80. The first kappa shape index (κ1) is 11.0. The van der Waals surface area contributed by atoms with Crippen LogP contribution in [0.3, 0.4) is 0 Å². The molecule has 0 aliphatic carbocycles. The Morgan fingerprint density at radius 2 is 2.11 bits per heavy atom.